The molecule has 0 aliphatic carbocycles. The molecule has 0 aromatic heterocycles. The highest BCUT2D eigenvalue weighted by Gasteiger charge is 2.20. The highest BCUT2D eigenvalue weighted by molar-refractivity contribution is 5.34. The van der Waals surface area contributed by atoms with Gasteiger partial charge in [0.25, 0.3) is 0 Å². The summed E-state index contributed by atoms with van der Waals surface area (Å²) in [4.78, 5) is 0. The predicted octanol–water partition coefficient (Wildman–Crippen LogP) is 3.18. The molecule has 2 N–H and O–H groups in total. The molecule has 20 heavy (non-hydrogen) atoms. The molecule has 0 saturated carbocycles. The van der Waals surface area contributed by atoms with Crippen LogP contribution in [0.15, 0.2) is 60.7 Å². The molecule has 0 aliphatic heterocycles. The maximum absolute atomic E-state index is 8.91. The van der Waals surface area contributed by atoms with Gasteiger partial charge in [-0.1, -0.05) is 60.7 Å². The van der Waals surface area contributed by atoms with Crippen molar-refractivity contribution in [3.8, 4) is 0 Å². The van der Waals surface area contributed by atoms with Crippen LogP contribution in [0.5, 0.6) is 0 Å². The average molecular weight is 269 g/mol. The quantitative estimate of drug-likeness (QED) is 0.757. The first-order valence-electron chi connectivity index (χ1n) is 7.27. The Balaban J connectivity index is 2.21. The van der Waals surface area contributed by atoms with Crippen LogP contribution in [0.4, 0.5) is 0 Å². The van der Waals surface area contributed by atoms with E-state index >= 15 is 0 Å². The fourth-order valence-corrected chi connectivity index (χ4v) is 2.62. The monoisotopic (exact) mass is 269 g/mol. The lowest BCUT2D eigenvalue weighted by Crippen LogP contribution is -2.33. The molecule has 106 valence electrons. The van der Waals surface area contributed by atoms with Crippen LogP contribution in [0, 0.1) is 0 Å². The second-order valence-corrected chi connectivity index (χ2v) is 5.12. The summed E-state index contributed by atoms with van der Waals surface area (Å²) in [5, 5.41) is 12.4. The van der Waals surface area contributed by atoms with Gasteiger partial charge in [-0.25, -0.2) is 0 Å². The summed E-state index contributed by atoms with van der Waals surface area (Å²) in [5.74, 6) is 0.330. The van der Waals surface area contributed by atoms with E-state index in [0.29, 0.717) is 12.0 Å². The van der Waals surface area contributed by atoms with Crippen molar-refractivity contribution in [3.63, 3.8) is 0 Å². The standard InChI is InChI=1S/C18H23NO/c1-15(19-13-8-14-20)18(16-9-4-2-5-10-16)17-11-6-3-7-12-17/h2-7,9-12,15,18-20H,8,13-14H2,1H3. The SMILES string of the molecule is CC(NCCCO)C(c1ccccc1)c1ccccc1. The first-order chi connectivity index (χ1) is 9.83. The normalized spacial score (nSPS) is 12.6. The summed E-state index contributed by atoms with van der Waals surface area (Å²) in [6.45, 7) is 3.29. The minimum absolute atomic E-state index is 0.237. The van der Waals surface area contributed by atoms with E-state index < -0.39 is 0 Å². The van der Waals surface area contributed by atoms with Crippen molar-refractivity contribution >= 4 is 0 Å². The topological polar surface area (TPSA) is 32.3 Å². The number of hydrogen-bond donors (Lipinski definition) is 2. The maximum atomic E-state index is 8.91. The van der Waals surface area contributed by atoms with Crippen molar-refractivity contribution in [2.45, 2.75) is 25.3 Å². The molecule has 0 spiro atoms. The Labute approximate surface area is 121 Å². The zero-order valence-corrected chi connectivity index (χ0v) is 12.0. The van der Waals surface area contributed by atoms with Crippen molar-refractivity contribution in [1.82, 2.24) is 5.32 Å². The van der Waals surface area contributed by atoms with Crippen LogP contribution in [0.2, 0.25) is 0 Å². The van der Waals surface area contributed by atoms with Gasteiger partial charge in [-0.2, -0.15) is 0 Å². The maximum Gasteiger partial charge on any atom is 0.0443 e. The van der Waals surface area contributed by atoms with Gasteiger partial charge in [-0.05, 0) is 31.0 Å². The summed E-state index contributed by atoms with van der Waals surface area (Å²) in [7, 11) is 0. The van der Waals surface area contributed by atoms with Crippen LogP contribution in [-0.4, -0.2) is 24.3 Å². The van der Waals surface area contributed by atoms with Crippen molar-refractivity contribution in [3.05, 3.63) is 71.8 Å². The lowest BCUT2D eigenvalue weighted by Gasteiger charge is -2.26. The van der Waals surface area contributed by atoms with Crippen LogP contribution in [0.3, 0.4) is 0 Å². The largest absolute Gasteiger partial charge is 0.396 e. The van der Waals surface area contributed by atoms with E-state index in [-0.39, 0.29) is 6.61 Å². The molecule has 0 fully saturated rings. The number of aliphatic hydroxyl groups is 1. The average Bonchev–Trinajstić information content (AvgIpc) is 2.50. The van der Waals surface area contributed by atoms with E-state index in [9.17, 15) is 0 Å². The third-order valence-corrected chi connectivity index (χ3v) is 3.62. The molecule has 2 aromatic carbocycles. The predicted molar refractivity (Wildman–Crippen MR) is 83.9 cm³/mol. The van der Waals surface area contributed by atoms with Gasteiger partial charge in [-0.15, -0.1) is 0 Å². The first-order valence-corrected chi connectivity index (χ1v) is 7.27. The minimum Gasteiger partial charge on any atom is -0.396 e. The number of hydrogen-bond acceptors (Lipinski definition) is 2. The fraction of sp³-hybridized carbons (Fsp3) is 0.333. The molecular formula is C18H23NO. The lowest BCUT2D eigenvalue weighted by atomic mass is 9.86. The van der Waals surface area contributed by atoms with Gasteiger partial charge in [0.1, 0.15) is 0 Å². The summed E-state index contributed by atoms with van der Waals surface area (Å²) >= 11 is 0. The highest BCUT2D eigenvalue weighted by Crippen LogP contribution is 2.27. The molecule has 0 radical (unpaired) electrons. The Morgan fingerprint density at radius 2 is 1.40 bits per heavy atom. The molecule has 2 heteroatoms. The van der Waals surface area contributed by atoms with Gasteiger partial charge in [0.15, 0.2) is 0 Å². The van der Waals surface area contributed by atoms with Crippen LogP contribution < -0.4 is 5.32 Å². The zero-order chi connectivity index (χ0) is 14.2. The molecule has 2 nitrogen and oxygen atoms in total. The zero-order valence-electron chi connectivity index (χ0n) is 12.0. The van der Waals surface area contributed by atoms with Crippen molar-refractivity contribution in [1.29, 1.82) is 0 Å². The number of rotatable bonds is 7. The Hall–Kier alpha value is -1.64. The molecule has 0 bridgehead atoms. The van der Waals surface area contributed by atoms with E-state index in [0.717, 1.165) is 13.0 Å². The smallest absolute Gasteiger partial charge is 0.0443 e. The first kappa shape index (κ1) is 14.8. The lowest BCUT2D eigenvalue weighted by molar-refractivity contribution is 0.282. The molecule has 2 rings (SSSR count). The molecule has 0 saturated heterocycles. The third kappa shape index (κ3) is 3.92. The Morgan fingerprint density at radius 3 is 1.85 bits per heavy atom. The number of aliphatic hydroxyl groups excluding tert-OH is 1. The van der Waals surface area contributed by atoms with E-state index in [2.05, 4.69) is 72.9 Å². The van der Waals surface area contributed by atoms with Gasteiger partial charge in [0, 0.05) is 18.6 Å². The third-order valence-electron chi connectivity index (χ3n) is 3.62. The number of nitrogens with one attached hydrogen (secondary N) is 1. The Morgan fingerprint density at radius 1 is 0.900 bits per heavy atom. The van der Waals surface area contributed by atoms with Crippen molar-refractivity contribution in [2.24, 2.45) is 0 Å². The Kier molecular flexibility index (Phi) is 5.78. The van der Waals surface area contributed by atoms with Gasteiger partial charge in [0.05, 0.1) is 0 Å². The second-order valence-electron chi connectivity index (χ2n) is 5.12. The number of benzene rings is 2. The Bertz CT molecular complexity index is 444. The molecule has 1 unspecified atom stereocenters. The van der Waals surface area contributed by atoms with Crippen LogP contribution in [0.25, 0.3) is 0 Å². The molecule has 2 aromatic rings. The molecule has 0 heterocycles. The van der Waals surface area contributed by atoms with E-state index in [1.54, 1.807) is 0 Å². The van der Waals surface area contributed by atoms with E-state index in [1.807, 2.05) is 0 Å². The van der Waals surface area contributed by atoms with E-state index in [1.165, 1.54) is 11.1 Å². The molecule has 1 atom stereocenters. The van der Waals surface area contributed by atoms with Gasteiger partial charge in [0.2, 0.25) is 0 Å². The van der Waals surface area contributed by atoms with Crippen molar-refractivity contribution < 1.29 is 5.11 Å². The molecule has 0 aliphatic rings. The van der Waals surface area contributed by atoms with Crippen LogP contribution in [0.1, 0.15) is 30.4 Å². The fourth-order valence-electron chi connectivity index (χ4n) is 2.62. The summed E-state index contributed by atoms with van der Waals surface area (Å²) in [6.07, 6.45) is 0.792. The van der Waals surface area contributed by atoms with Crippen LogP contribution >= 0.6 is 0 Å². The minimum atomic E-state index is 0.237. The van der Waals surface area contributed by atoms with Crippen molar-refractivity contribution in [2.75, 3.05) is 13.2 Å². The van der Waals surface area contributed by atoms with Gasteiger partial charge >= 0.3 is 0 Å². The van der Waals surface area contributed by atoms with Gasteiger partial charge < -0.3 is 10.4 Å². The summed E-state index contributed by atoms with van der Waals surface area (Å²) in [5.41, 5.74) is 2.64. The van der Waals surface area contributed by atoms with Crippen LogP contribution in [-0.2, 0) is 0 Å². The van der Waals surface area contributed by atoms with Gasteiger partial charge in [-0.3, -0.25) is 0 Å². The van der Waals surface area contributed by atoms with E-state index in [4.69, 9.17) is 5.11 Å². The summed E-state index contributed by atoms with van der Waals surface area (Å²) in [6, 6.07) is 21.5. The highest BCUT2D eigenvalue weighted by atomic mass is 16.3. The summed E-state index contributed by atoms with van der Waals surface area (Å²) < 4.78 is 0. The second kappa shape index (κ2) is 7.83. The molecular weight excluding hydrogens is 246 g/mol. The molecule has 0 amide bonds.